The molecule has 3 fully saturated rings. The third-order valence-electron chi connectivity index (χ3n) is 5.46. The van der Waals surface area contributed by atoms with Crippen LogP contribution in [0.2, 0.25) is 0 Å². The van der Waals surface area contributed by atoms with E-state index >= 15 is 0 Å². The number of carbonyl (C=O) groups is 2. The predicted molar refractivity (Wildman–Crippen MR) is 79.9 cm³/mol. The fraction of sp³-hybridized carbons (Fsp3) is 0.867. The van der Waals surface area contributed by atoms with Crippen molar-refractivity contribution in [2.45, 2.75) is 38.6 Å². The predicted octanol–water partition coefficient (Wildman–Crippen LogP) is 0.392. The minimum absolute atomic E-state index is 0.0600. The van der Waals surface area contributed by atoms with E-state index in [0.717, 1.165) is 65.0 Å². The first-order valence-corrected chi connectivity index (χ1v) is 8.21. The van der Waals surface area contributed by atoms with Crippen LogP contribution in [0.3, 0.4) is 0 Å². The Morgan fingerprint density at radius 1 is 1.29 bits per heavy atom. The Morgan fingerprint density at radius 3 is 2.57 bits per heavy atom. The average molecular weight is 294 g/mol. The van der Waals surface area contributed by atoms with E-state index in [2.05, 4.69) is 17.6 Å². The third-order valence-corrected chi connectivity index (χ3v) is 5.46. The number of nitrogens with zero attached hydrogens (tertiary/aromatic N) is 2. The monoisotopic (exact) mass is 294 g/mol. The van der Waals surface area contributed by atoms with Crippen molar-refractivity contribution >= 4 is 11.9 Å². The quantitative estimate of drug-likeness (QED) is 0.791. The van der Waals surface area contributed by atoms with Gasteiger partial charge in [-0.25, -0.2) is 4.79 Å². The minimum atomic E-state index is -0.183. The van der Waals surface area contributed by atoms with Crippen molar-refractivity contribution in [1.29, 1.82) is 0 Å². The number of carbonyl (C=O) groups excluding carboxylic acids is 2. The van der Waals surface area contributed by atoms with Crippen LogP contribution in [0.25, 0.3) is 0 Å². The van der Waals surface area contributed by atoms with Gasteiger partial charge in [-0.2, -0.15) is 0 Å². The van der Waals surface area contributed by atoms with Crippen molar-refractivity contribution in [1.82, 2.24) is 20.4 Å². The normalized spacial score (nSPS) is 30.8. The van der Waals surface area contributed by atoms with Crippen LogP contribution >= 0.6 is 0 Å². The van der Waals surface area contributed by atoms with Gasteiger partial charge in [0.15, 0.2) is 0 Å². The molecule has 3 heterocycles. The smallest absolute Gasteiger partial charge is 0.317 e. The van der Waals surface area contributed by atoms with Crippen molar-refractivity contribution < 1.29 is 9.59 Å². The second-order valence-electron chi connectivity index (χ2n) is 6.51. The first-order chi connectivity index (χ1) is 10.2. The highest BCUT2D eigenvalue weighted by Gasteiger charge is 2.43. The van der Waals surface area contributed by atoms with Crippen LogP contribution in [-0.4, -0.2) is 67.0 Å². The average Bonchev–Trinajstić information content (AvgIpc) is 3.16. The maximum Gasteiger partial charge on any atom is 0.317 e. The fourth-order valence-corrected chi connectivity index (χ4v) is 3.93. The molecule has 0 saturated carbocycles. The highest BCUT2D eigenvalue weighted by atomic mass is 16.2. The number of piperidine rings is 1. The molecule has 0 spiro atoms. The summed E-state index contributed by atoms with van der Waals surface area (Å²) in [4.78, 5) is 28.5. The van der Waals surface area contributed by atoms with E-state index in [4.69, 9.17) is 0 Å². The van der Waals surface area contributed by atoms with Crippen LogP contribution in [0, 0.1) is 5.41 Å². The molecular weight excluding hydrogens is 268 g/mol. The molecule has 3 rings (SSSR count). The molecule has 0 aromatic carbocycles. The number of hydrogen-bond acceptors (Lipinski definition) is 3. The summed E-state index contributed by atoms with van der Waals surface area (Å²) in [6.07, 6.45) is 3.68. The molecule has 0 aliphatic carbocycles. The summed E-state index contributed by atoms with van der Waals surface area (Å²) < 4.78 is 0. The zero-order valence-electron chi connectivity index (χ0n) is 12.9. The van der Waals surface area contributed by atoms with Gasteiger partial charge in [-0.15, -0.1) is 0 Å². The van der Waals surface area contributed by atoms with E-state index in [9.17, 15) is 9.59 Å². The highest BCUT2D eigenvalue weighted by Crippen LogP contribution is 2.33. The van der Waals surface area contributed by atoms with E-state index < -0.39 is 0 Å². The lowest BCUT2D eigenvalue weighted by Gasteiger charge is -2.40. The number of nitrogens with one attached hydrogen (secondary N) is 2. The SMILES string of the molecule is CCC1(C(=O)N2CCC(N3CCNC3=O)CC2)CCNC1. The van der Waals surface area contributed by atoms with E-state index in [-0.39, 0.29) is 11.4 Å². The fourth-order valence-electron chi connectivity index (χ4n) is 3.93. The number of likely N-dealkylation sites (tertiary alicyclic amines) is 1. The van der Waals surface area contributed by atoms with Crippen LogP contribution in [0.4, 0.5) is 4.79 Å². The van der Waals surface area contributed by atoms with Gasteiger partial charge >= 0.3 is 6.03 Å². The maximum absolute atomic E-state index is 12.8. The molecule has 0 bridgehead atoms. The van der Waals surface area contributed by atoms with Gasteiger partial charge in [0, 0.05) is 38.8 Å². The van der Waals surface area contributed by atoms with Crippen LogP contribution in [0.15, 0.2) is 0 Å². The lowest BCUT2D eigenvalue weighted by Crippen LogP contribution is -2.52. The number of amides is 3. The third kappa shape index (κ3) is 2.61. The second kappa shape index (κ2) is 5.83. The Morgan fingerprint density at radius 2 is 2.05 bits per heavy atom. The molecule has 6 nitrogen and oxygen atoms in total. The van der Waals surface area contributed by atoms with Crippen molar-refractivity contribution in [3.05, 3.63) is 0 Å². The molecular formula is C15H26N4O2. The molecule has 1 unspecified atom stereocenters. The van der Waals surface area contributed by atoms with Crippen LogP contribution < -0.4 is 10.6 Å². The van der Waals surface area contributed by atoms with E-state index in [1.807, 2.05) is 9.80 Å². The first-order valence-electron chi connectivity index (χ1n) is 8.21. The molecule has 21 heavy (non-hydrogen) atoms. The highest BCUT2D eigenvalue weighted by molar-refractivity contribution is 5.83. The summed E-state index contributed by atoms with van der Waals surface area (Å²) in [6, 6.07) is 0.362. The molecule has 1 atom stereocenters. The van der Waals surface area contributed by atoms with Gasteiger partial charge in [-0.1, -0.05) is 6.92 Å². The minimum Gasteiger partial charge on any atom is -0.342 e. The Labute approximate surface area is 126 Å². The van der Waals surface area contributed by atoms with Gasteiger partial charge in [0.25, 0.3) is 0 Å². The number of hydrogen-bond donors (Lipinski definition) is 2. The van der Waals surface area contributed by atoms with Gasteiger partial charge in [-0.05, 0) is 32.2 Å². The van der Waals surface area contributed by atoms with Crippen molar-refractivity contribution in [2.75, 3.05) is 39.3 Å². The van der Waals surface area contributed by atoms with E-state index in [1.165, 1.54) is 0 Å². The number of rotatable bonds is 3. The summed E-state index contributed by atoms with van der Waals surface area (Å²) in [6.45, 7) is 7.01. The summed E-state index contributed by atoms with van der Waals surface area (Å²) >= 11 is 0. The lowest BCUT2D eigenvalue weighted by atomic mass is 9.82. The van der Waals surface area contributed by atoms with Gasteiger partial charge in [-0.3, -0.25) is 4.79 Å². The Bertz CT molecular complexity index is 412. The molecule has 2 N–H and O–H groups in total. The van der Waals surface area contributed by atoms with Gasteiger partial charge in [0.05, 0.1) is 5.41 Å². The molecule has 3 aliphatic heterocycles. The molecule has 118 valence electrons. The molecule has 3 aliphatic rings. The lowest BCUT2D eigenvalue weighted by molar-refractivity contribution is -0.142. The summed E-state index contributed by atoms with van der Waals surface area (Å²) in [5.41, 5.74) is -0.183. The zero-order chi connectivity index (χ0) is 14.9. The van der Waals surface area contributed by atoms with Gasteiger partial charge in [0.2, 0.25) is 5.91 Å². The maximum atomic E-state index is 12.8. The van der Waals surface area contributed by atoms with Gasteiger partial charge in [0.1, 0.15) is 0 Å². The summed E-state index contributed by atoms with van der Waals surface area (Å²) in [5.74, 6) is 0.319. The summed E-state index contributed by atoms with van der Waals surface area (Å²) in [7, 11) is 0. The summed E-state index contributed by atoms with van der Waals surface area (Å²) in [5, 5.41) is 6.19. The van der Waals surface area contributed by atoms with Crippen molar-refractivity contribution in [2.24, 2.45) is 5.41 Å². The second-order valence-corrected chi connectivity index (χ2v) is 6.51. The molecule has 0 radical (unpaired) electrons. The van der Waals surface area contributed by atoms with Crippen molar-refractivity contribution in [3.63, 3.8) is 0 Å². The molecule has 0 aromatic rings. The van der Waals surface area contributed by atoms with Crippen molar-refractivity contribution in [3.8, 4) is 0 Å². The Hall–Kier alpha value is -1.30. The van der Waals surface area contributed by atoms with Crippen LogP contribution in [-0.2, 0) is 4.79 Å². The standard InChI is InChI=1S/C15H26N4O2/c1-2-15(5-6-16-11-15)13(20)18-8-3-12(4-9-18)19-10-7-17-14(19)21/h12,16H,2-11H2,1H3,(H,17,21). The Balaban J connectivity index is 1.58. The first kappa shape index (κ1) is 14.6. The van der Waals surface area contributed by atoms with E-state index in [0.29, 0.717) is 11.9 Å². The zero-order valence-corrected chi connectivity index (χ0v) is 12.9. The largest absolute Gasteiger partial charge is 0.342 e. The van der Waals surface area contributed by atoms with Crippen LogP contribution in [0.1, 0.15) is 32.6 Å². The number of urea groups is 1. The van der Waals surface area contributed by atoms with Gasteiger partial charge < -0.3 is 20.4 Å². The molecule has 3 amide bonds. The topological polar surface area (TPSA) is 64.7 Å². The molecule has 3 saturated heterocycles. The molecule has 6 heteroatoms. The van der Waals surface area contributed by atoms with Crippen LogP contribution in [0.5, 0.6) is 0 Å². The Kier molecular flexibility index (Phi) is 4.06. The van der Waals surface area contributed by atoms with E-state index in [1.54, 1.807) is 0 Å². The molecule has 0 aromatic heterocycles.